The van der Waals surface area contributed by atoms with Gasteiger partial charge in [-0.25, -0.2) is 4.98 Å². The summed E-state index contributed by atoms with van der Waals surface area (Å²) in [6, 6.07) is 3.93. The second kappa shape index (κ2) is 5.15. The molecule has 1 aromatic rings. The average molecular weight is 249 g/mol. The molecule has 1 N–H and O–H groups in total. The third kappa shape index (κ3) is 3.98. The Kier molecular flexibility index (Phi) is 5.04. The zero-order chi connectivity index (χ0) is 10.8. The molecule has 1 aromatic heterocycles. The zero-order valence-electron chi connectivity index (χ0n) is 7.62. The van der Waals surface area contributed by atoms with E-state index >= 15 is 0 Å². The minimum Gasteiger partial charge on any atom is -0.260 e. The van der Waals surface area contributed by atoms with Crippen molar-refractivity contribution in [3.05, 3.63) is 24.4 Å². The van der Waals surface area contributed by atoms with Crippen molar-refractivity contribution in [1.82, 2.24) is 4.98 Å². The Morgan fingerprint density at radius 1 is 1.27 bits per heavy atom. The summed E-state index contributed by atoms with van der Waals surface area (Å²) in [5, 5.41) is 0. The third-order valence-electron chi connectivity index (χ3n) is 1.21. The van der Waals surface area contributed by atoms with Crippen LogP contribution in [0.25, 0.3) is 0 Å². The summed E-state index contributed by atoms with van der Waals surface area (Å²) in [7, 11) is -5.36. The number of sulfonamides is 1. The number of anilines is 1. The summed E-state index contributed by atoms with van der Waals surface area (Å²) < 4.78 is 57.9. The molecule has 0 aromatic carbocycles. The molecule has 4 nitrogen and oxygen atoms in total. The van der Waals surface area contributed by atoms with Crippen LogP contribution < -0.4 is 4.72 Å². The van der Waals surface area contributed by atoms with Gasteiger partial charge in [-0.1, -0.05) is 6.07 Å². The standard InChI is InChI=1S/C6H5F3N2O2S.Na/c7-6(8,9)14(12,13)11-5-3-1-2-4-10-5;/h1-4H,(H,10,11);. The molecule has 0 saturated carbocycles. The number of hydrogen-bond acceptors (Lipinski definition) is 3. The number of pyridine rings is 1. The second-order valence-corrected chi connectivity index (χ2v) is 3.94. The van der Waals surface area contributed by atoms with Crippen LogP contribution in [0.5, 0.6) is 0 Å². The SMILES string of the molecule is O=S(=O)(Nc1ccccn1)C(F)(F)F.[Na]. The first-order chi connectivity index (χ1) is 6.33. The largest absolute Gasteiger partial charge is 0.516 e. The molecule has 0 amide bonds. The van der Waals surface area contributed by atoms with Crippen molar-refractivity contribution in [3.63, 3.8) is 0 Å². The van der Waals surface area contributed by atoms with Crippen molar-refractivity contribution in [2.45, 2.75) is 5.51 Å². The number of nitrogens with zero attached hydrogens (tertiary/aromatic N) is 1. The number of aromatic nitrogens is 1. The van der Waals surface area contributed by atoms with Gasteiger partial charge >= 0.3 is 15.5 Å². The van der Waals surface area contributed by atoms with Crippen LogP contribution in [0.3, 0.4) is 0 Å². The molecule has 0 unspecified atom stereocenters. The second-order valence-electron chi connectivity index (χ2n) is 2.27. The third-order valence-corrected chi connectivity index (χ3v) is 2.30. The van der Waals surface area contributed by atoms with Gasteiger partial charge in [-0.2, -0.15) is 21.6 Å². The van der Waals surface area contributed by atoms with E-state index in [0.717, 1.165) is 6.07 Å². The predicted octanol–water partition coefficient (Wildman–Crippen LogP) is 0.962. The minimum atomic E-state index is -5.36. The van der Waals surface area contributed by atoms with Crippen LogP contribution in [0.1, 0.15) is 0 Å². The molecule has 0 spiro atoms. The minimum absolute atomic E-state index is 0. The quantitative estimate of drug-likeness (QED) is 0.794. The maximum atomic E-state index is 11.8. The van der Waals surface area contributed by atoms with Crippen LogP contribution in [0.2, 0.25) is 0 Å². The maximum Gasteiger partial charge on any atom is 0.516 e. The van der Waals surface area contributed by atoms with Gasteiger partial charge in [0.1, 0.15) is 5.82 Å². The molecule has 9 heteroatoms. The Labute approximate surface area is 106 Å². The molecular formula is C6H5F3N2NaO2S. The van der Waals surface area contributed by atoms with E-state index in [1.54, 1.807) is 0 Å². The molecule has 0 aliphatic rings. The Bertz CT molecular complexity index is 406. The van der Waals surface area contributed by atoms with Crippen LogP contribution in [0, 0.1) is 0 Å². The molecule has 0 atom stereocenters. The molecule has 1 rings (SSSR count). The zero-order valence-corrected chi connectivity index (χ0v) is 10.4. The van der Waals surface area contributed by atoms with Crippen molar-refractivity contribution in [2.24, 2.45) is 0 Å². The Morgan fingerprint density at radius 2 is 1.87 bits per heavy atom. The van der Waals surface area contributed by atoms with Crippen molar-refractivity contribution >= 4 is 45.4 Å². The molecule has 0 aliphatic heterocycles. The normalized spacial score (nSPS) is 11.7. The summed E-state index contributed by atoms with van der Waals surface area (Å²) in [5.41, 5.74) is -5.33. The summed E-state index contributed by atoms with van der Waals surface area (Å²) in [6.45, 7) is 0. The predicted molar refractivity (Wildman–Crippen MR) is 48.6 cm³/mol. The van der Waals surface area contributed by atoms with Crippen LogP contribution >= 0.6 is 0 Å². The summed E-state index contributed by atoms with van der Waals surface area (Å²) in [6.07, 6.45) is 1.17. The van der Waals surface area contributed by atoms with Gasteiger partial charge in [0.25, 0.3) is 0 Å². The van der Waals surface area contributed by atoms with Crippen LogP contribution in [0.4, 0.5) is 19.0 Å². The monoisotopic (exact) mass is 249 g/mol. The molecule has 15 heavy (non-hydrogen) atoms. The molecule has 0 aliphatic carbocycles. The Balaban J connectivity index is 0.00000196. The van der Waals surface area contributed by atoms with Crippen LogP contribution in [-0.4, -0.2) is 48.5 Å². The fraction of sp³-hybridized carbons (Fsp3) is 0.167. The smallest absolute Gasteiger partial charge is 0.260 e. The van der Waals surface area contributed by atoms with Gasteiger partial charge in [0.15, 0.2) is 0 Å². The fourth-order valence-corrected chi connectivity index (χ4v) is 1.13. The Morgan fingerprint density at radius 3 is 2.27 bits per heavy atom. The topological polar surface area (TPSA) is 59.1 Å². The van der Waals surface area contributed by atoms with E-state index in [1.165, 1.54) is 23.1 Å². The van der Waals surface area contributed by atoms with Gasteiger partial charge in [0.05, 0.1) is 0 Å². The van der Waals surface area contributed by atoms with E-state index in [-0.39, 0.29) is 35.4 Å². The summed E-state index contributed by atoms with van der Waals surface area (Å²) in [5.74, 6) is -0.371. The number of nitrogens with one attached hydrogen (secondary N) is 1. The summed E-state index contributed by atoms with van der Waals surface area (Å²) >= 11 is 0. The first kappa shape index (κ1) is 14.7. The van der Waals surface area contributed by atoms with Gasteiger partial charge in [-0.15, -0.1) is 0 Å². The van der Waals surface area contributed by atoms with E-state index in [4.69, 9.17) is 0 Å². The van der Waals surface area contributed by atoms with E-state index in [9.17, 15) is 21.6 Å². The van der Waals surface area contributed by atoms with Crippen molar-refractivity contribution in [3.8, 4) is 0 Å². The maximum absolute atomic E-state index is 11.8. The molecule has 1 radical (unpaired) electrons. The van der Waals surface area contributed by atoms with Crippen molar-refractivity contribution < 1.29 is 21.6 Å². The molecular weight excluding hydrogens is 244 g/mol. The first-order valence-corrected chi connectivity index (χ1v) is 4.81. The van der Waals surface area contributed by atoms with E-state index in [2.05, 4.69) is 4.98 Å². The number of alkyl halides is 3. The van der Waals surface area contributed by atoms with Crippen molar-refractivity contribution in [1.29, 1.82) is 0 Å². The van der Waals surface area contributed by atoms with Gasteiger partial charge in [-0.3, -0.25) is 4.72 Å². The van der Waals surface area contributed by atoms with Gasteiger partial charge in [0.2, 0.25) is 0 Å². The first-order valence-electron chi connectivity index (χ1n) is 3.33. The molecule has 0 fully saturated rings. The number of hydrogen-bond donors (Lipinski definition) is 1. The number of rotatable bonds is 2. The van der Waals surface area contributed by atoms with E-state index < -0.39 is 15.5 Å². The molecule has 0 bridgehead atoms. The molecule has 1 heterocycles. The van der Waals surface area contributed by atoms with E-state index in [0.29, 0.717) is 0 Å². The van der Waals surface area contributed by atoms with Crippen molar-refractivity contribution in [2.75, 3.05) is 4.72 Å². The molecule has 0 saturated heterocycles. The fourth-order valence-electron chi connectivity index (χ4n) is 0.619. The van der Waals surface area contributed by atoms with Crippen LogP contribution in [-0.2, 0) is 10.0 Å². The van der Waals surface area contributed by atoms with Gasteiger partial charge < -0.3 is 0 Å². The van der Waals surface area contributed by atoms with E-state index in [1.807, 2.05) is 0 Å². The summed E-state index contributed by atoms with van der Waals surface area (Å²) in [4.78, 5) is 3.39. The Hall–Kier alpha value is -0.310. The number of halogens is 3. The van der Waals surface area contributed by atoms with Crippen LogP contribution in [0.15, 0.2) is 24.4 Å². The molecule has 79 valence electrons. The van der Waals surface area contributed by atoms with Gasteiger partial charge in [-0.05, 0) is 12.1 Å². The van der Waals surface area contributed by atoms with Gasteiger partial charge in [0, 0.05) is 35.8 Å². The average Bonchev–Trinajstić information content (AvgIpc) is 2.03.